The highest BCUT2D eigenvalue weighted by Crippen LogP contribution is 2.25. The largest absolute Gasteiger partial charge is 0.508 e. The van der Waals surface area contributed by atoms with Gasteiger partial charge in [-0.2, -0.15) is 0 Å². The van der Waals surface area contributed by atoms with Crippen LogP contribution in [0.3, 0.4) is 0 Å². The van der Waals surface area contributed by atoms with E-state index in [2.05, 4.69) is 9.97 Å². The quantitative estimate of drug-likeness (QED) is 0.454. The molecular weight excluding hydrogens is 284 g/mol. The molecule has 3 aromatic rings. The monoisotopic (exact) mass is 296 g/mol. The van der Waals surface area contributed by atoms with Crippen molar-refractivity contribution >= 4 is 28.4 Å². The molecule has 5 heteroatoms. The lowest BCUT2D eigenvalue weighted by atomic mass is 10.1. The molecule has 0 spiro atoms. The van der Waals surface area contributed by atoms with Crippen LogP contribution in [-0.2, 0) is 0 Å². The van der Waals surface area contributed by atoms with Crippen molar-refractivity contribution in [2.24, 2.45) is 0 Å². The number of benzene rings is 2. The van der Waals surface area contributed by atoms with Gasteiger partial charge in [-0.3, -0.25) is 4.79 Å². The summed E-state index contributed by atoms with van der Waals surface area (Å²) in [6.45, 7) is 0. The van der Waals surface area contributed by atoms with Gasteiger partial charge in [0.1, 0.15) is 17.1 Å². The van der Waals surface area contributed by atoms with E-state index in [1.165, 1.54) is 30.2 Å². The Labute approximate surface area is 125 Å². The molecule has 0 aliphatic carbocycles. The summed E-state index contributed by atoms with van der Waals surface area (Å²) >= 11 is 1.39. The summed E-state index contributed by atoms with van der Waals surface area (Å²) in [6.07, 6.45) is 1.51. The first-order chi connectivity index (χ1) is 10.2. The molecule has 1 N–H and O–H groups in total. The van der Waals surface area contributed by atoms with Gasteiger partial charge in [0.15, 0.2) is 5.78 Å². The average Bonchev–Trinajstić information content (AvgIpc) is 2.53. The second-order valence-electron chi connectivity index (χ2n) is 4.45. The minimum Gasteiger partial charge on any atom is -0.508 e. The van der Waals surface area contributed by atoms with Crippen LogP contribution in [0.1, 0.15) is 10.4 Å². The lowest BCUT2D eigenvalue weighted by Gasteiger charge is -2.04. The highest BCUT2D eigenvalue weighted by atomic mass is 32.2. The second kappa shape index (κ2) is 5.93. The minimum atomic E-state index is 0.00249. The second-order valence-corrected chi connectivity index (χ2v) is 5.42. The fraction of sp³-hybridized carbons (Fsp3) is 0.0625. The van der Waals surface area contributed by atoms with Crippen LogP contribution in [0.4, 0.5) is 0 Å². The number of aromatic hydroxyl groups is 1. The number of para-hydroxylation sites is 1. The number of carbonyl (C=O) groups excluding carboxylic acids is 1. The van der Waals surface area contributed by atoms with Crippen molar-refractivity contribution in [3.63, 3.8) is 0 Å². The number of phenolic OH excluding ortho intramolecular Hbond substituents is 1. The van der Waals surface area contributed by atoms with Gasteiger partial charge >= 0.3 is 0 Å². The molecule has 0 saturated heterocycles. The Bertz CT molecular complexity index is 782. The number of fused-ring (bicyclic) bond motifs is 1. The number of phenols is 1. The molecule has 0 saturated carbocycles. The molecular formula is C16H12N2O2S. The molecule has 0 radical (unpaired) electrons. The Balaban J connectivity index is 1.77. The van der Waals surface area contributed by atoms with Crippen LogP contribution in [-0.4, -0.2) is 26.6 Å². The SMILES string of the molecule is O=C(CSc1ncnc2ccccc12)c1ccc(O)cc1. The Hall–Kier alpha value is -2.40. The Morgan fingerprint density at radius 2 is 1.81 bits per heavy atom. The van der Waals surface area contributed by atoms with E-state index in [1.54, 1.807) is 12.1 Å². The molecule has 21 heavy (non-hydrogen) atoms. The average molecular weight is 296 g/mol. The molecule has 0 amide bonds. The van der Waals surface area contributed by atoms with Gasteiger partial charge in [-0.25, -0.2) is 9.97 Å². The van der Waals surface area contributed by atoms with Crippen molar-refractivity contribution in [2.75, 3.05) is 5.75 Å². The van der Waals surface area contributed by atoms with Crippen LogP contribution in [0.2, 0.25) is 0 Å². The molecule has 0 atom stereocenters. The first-order valence-corrected chi connectivity index (χ1v) is 7.37. The Morgan fingerprint density at radius 1 is 1.05 bits per heavy atom. The number of thioether (sulfide) groups is 1. The summed E-state index contributed by atoms with van der Waals surface area (Å²) in [5.74, 6) is 0.454. The van der Waals surface area contributed by atoms with Crippen molar-refractivity contribution in [3.05, 3.63) is 60.4 Å². The number of aromatic nitrogens is 2. The Kier molecular flexibility index (Phi) is 3.83. The van der Waals surface area contributed by atoms with Gasteiger partial charge in [0.2, 0.25) is 0 Å². The van der Waals surface area contributed by atoms with Gasteiger partial charge in [0.05, 0.1) is 11.3 Å². The molecule has 0 unspecified atom stereocenters. The summed E-state index contributed by atoms with van der Waals surface area (Å²) in [5.41, 5.74) is 1.45. The van der Waals surface area contributed by atoms with Crippen molar-refractivity contribution in [1.29, 1.82) is 0 Å². The third-order valence-electron chi connectivity index (χ3n) is 3.04. The zero-order valence-corrected chi connectivity index (χ0v) is 11.9. The van der Waals surface area contributed by atoms with Crippen LogP contribution in [0.15, 0.2) is 59.9 Å². The number of ketones is 1. The number of hydrogen-bond donors (Lipinski definition) is 1. The maximum absolute atomic E-state index is 12.1. The number of hydrogen-bond acceptors (Lipinski definition) is 5. The van der Waals surface area contributed by atoms with Crippen LogP contribution < -0.4 is 0 Å². The number of rotatable bonds is 4. The maximum atomic E-state index is 12.1. The predicted molar refractivity (Wildman–Crippen MR) is 82.7 cm³/mol. The summed E-state index contributed by atoms with van der Waals surface area (Å²) in [6, 6.07) is 14.0. The molecule has 104 valence electrons. The van der Waals surface area contributed by atoms with E-state index in [0.717, 1.165) is 15.9 Å². The van der Waals surface area contributed by atoms with E-state index in [1.807, 2.05) is 24.3 Å². The molecule has 1 heterocycles. The maximum Gasteiger partial charge on any atom is 0.173 e. The van der Waals surface area contributed by atoms with Gasteiger partial charge in [-0.05, 0) is 30.3 Å². The van der Waals surface area contributed by atoms with E-state index < -0.39 is 0 Å². The zero-order chi connectivity index (χ0) is 14.7. The lowest BCUT2D eigenvalue weighted by Crippen LogP contribution is -2.02. The first kappa shape index (κ1) is 13.6. The third kappa shape index (κ3) is 3.03. The van der Waals surface area contributed by atoms with Gasteiger partial charge in [0, 0.05) is 10.9 Å². The van der Waals surface area contributed by atoms with Gasteiger partial charge in [-0.1, -0.05) is 30.0 Å². The smallest absolute Gasteiger partial charge is 0.173 e. The van der Waals surface area contributed by atoms with Crippen molar-refractivity contribution in [1.82, 2.24) is 9.97 Å². The van der Waals surface area contributed by atoms with E-state index in [9.17, 15) is 9.90 Å². The number of Topliss-reactive ketones (excluding diaryl/α,β-unsaturated/α-hetero) is 1. The molecule has 0 fully saturated rings. The van der Waals surface area contributed by atoms with E-state index >= 15 is 0 Å². The number of carbonyl (C=O) groups is 1. The van der Waals surface area contributed by atoms with Gasteiger partial charge in [-0.15, -0.1) is 0 Å². The van der Waals surface area contributed by atoms with E-state index in [4.69, 9.17) is 0 Å². The van der Waals surface area contributed by atoms with Crippen molar-refractivity contribution in [3.8, 4) is 5.75 Å². The fourth-order valence-electron chi connectivity index (χ4n) is 1.96. The highest BCUT2D eigenvalue weighted by molar-refractivity contribution is 8.00. The minimum absolute atomic E-state index is 0.00249. The summed E-state index contributed by atoms with van der Waals surface area (Å²) in [4.78, 5) is 20.6. The molecule has 3 rings (SSSR count). The first-order valence-electron chi connectivity index (χ1n) is 6.39. The standard InChI is InChI=1S/C16H12N2O2S/c19-12-7-5-11(6-8-12)15(20)9-21-16-13-3-1-2-4-14(13)17-10-18-16/h1-8,10,19H,9H2. The highest BCUT2D eigenvalue weighted by Gasteiger charge is 2.09. The zero-order valence-electron chi connectivity index (χ0n) is 11.1. The van der Waals surface area contributed by atoms with Gasteiger partial charge < -0.3 is 5.11 Å². The molecule has 0 aliphatic heterocycles. The summed E-state index contributed by atoms with van der Waals surface area (Å²) < 4.78 is 0. The Morgan fingerprint density at radius 3 is 2.62 bits per heavy atom. The van der Waals surface area contributed by atoms with E-state index in [0.29, 0.717) is 11.3 Å². The number of nitrogens with zero attached hydrogens (tertiary/aromatic N) is 2. The van der Waals surface area contributed by atoms with Crippen LogP contribution in [0, 0.1) is 0 Å². The molecule has 2 aromatic carbocycles. The van der Waals surface area contributed by atoms with Crippen LogP contribution >= 0.6 is 11.8 Å². The molecule has 4 nitrogen and oxygen atoms in total. The van der Waals surface area contributed by atoms with Crippen molar-refractivity contribution in [2.45, 2.75) is 5.03 Å². The van der Waals surface area contributed by atoms with Crippen LogP contribution in [0.25, 0.3) is 10.9 Å². The molecule has 1 aromatic heterocycles. The van der Waals surface area contributed by atoms with E-state index in [-0.39, 0.29) is 11.5 Å². The normalized spacial score (nSPS) is 10.7. The summed E-state index contributed by atoms with van der Waals surface area (Å²) in [7, 11) is 0. The van der Waals surface area contributed by atoms with Crippen molar-refractivity contribution < 1.29 is 9.90 Å². The topological polar surface area (TPSA) is 63.1 Å². The van der Waals surface area contributed by atoms with Crippen LogP contribution in [0.5, 0.6) is 5.75 Å². The van der Waals surface area contributed by atoms with Gasteiger partial charge in [0.25, 0.3) is 0 Å². The fourth-order valence-corrected chi connectivity index (χ4v) is 2.84. The molecule has 0 aliphatic rings. The third-order valence-corrected chi connectivity index (χ3v) is 4.04. The molecule has 0 bridgehead atoms. The predicted octanol–water partition coefficient (Wildman–Crippen LogP) is 3.31. The summed E-state index contributed by atoms with van der Waals surface area (Å²) in [5, 5.41) is 11.0. The lowest BCUT2D eigenvalue weighted by molar-refractivity contribution is 0.102.